The SMILES string of the molecule is O=P(O)(O)C(Cl)C(Cl)c1ccccc1. The van der Waals surface area contributed by atoms with Crippen LogP contribution in [0.15, 0.2) is 30.3 Å². The predicted octanol–water partition coefficient (Wildman–Crippen LogP) is 2.71. The zero-order valence-corrected chi connectivity index (χ0v) is 9.45. The third-order valence-electron chi connectivity index (χ3n) is 1.68. The number of hydrogen-bond donors (Lipinski definition) is 2. The van der Waals surface area contributed by atoms with Crippen LogP contribution < -0.4 is 0 Å². The number of halogens is 2. The molecule has 0 saturated heterocycles. The van der Waals surface area contributed by atoms with Crippen LogP contribution in [0.4, 0.5) is 0 Å². The summed E-state index contributed by atoms with van der Waals surface area (Å²) in [6.07, 6.45) is 0. The molecule has 2 unspecified atom stereocenters. The highest BCUT2D eigenvalue weighted by Gasteiger charge is 2.34. The third kappa shape index (κ3) is 2.97. The molecule has 0 heterocycles. The van der Waals surface area contributed by atoms with E-state index in [-0.39, 0.29) is 0 Å². The minimum atomic E-state index is -4.34. The van der Waals surface area contributed by atoms with Gasteiger partial charge in [0, 0.05) is 0 Å². The molecule has 0 amide bonds. The first-order valence-electron chi connectivity index (χ1n) is 3.81. The van der Waals surface area contributed by atoms with Crippen molar-refractivity contribution in [3.63, 3.8) is 0 Å². The first-order chi connectivity index (χ1) is 6.43. The standard InChI is InChI=1S/C8H9Cl2O3P/c9-7(8(10)14(11,12)13)6-4-2-1-3-5-6/h1-5,7-8H,(H2,11,12,13). The molecule has 78 valence electrons. The Bertz CT molecular complexity index is 338. The van der Waals surface area contributed by atoms with E-state index in [1.165, 1.54) is 0 Å². The highest BCUT2D eigenvalue weighted by atomic mass is 35.5. The average molecular weight is 255 g/mol. The lowest BCUT2D eigenvalue weighted by atomic mass is 10.2. The number of benzene rings is 1. The molecule has 0 spiro atoms. The van der Waals surface area contributed by atoms with E-state index in [1.54, 1.807) is 30.3 Å². The summed E-state index contributed by atoms with van der Waals surface area (Å²) < 4.78 is 10.8. The quantitative estimate of drug-likeness (QED) is 0.644. The van der Waals surface area contributed by atoms with Crippen LogP contribution in [0.3, 0.4) is 0 Å². The van der Waals surface area contributed by atoms with Crippen LogP contribution in [0.1, 0.15) is 10.9 Å². The topological polar surface area (TPSA) is 57.5 Å². The molecule has 1 aromatic rings. The number of hydrogen-bond acceptors (Lipinski definition) is 1. The first-order valence-corrected chi connectivity index (χ1v) is 6.36. The van der Waals surface area contributed by atoms with Crippen molar-refractivity contribution in [3.8, 4) is 0 Å². The molecule has 0 aliphatic heterocycles. The van der Waals surface area contributed by atoms with E-state index in [0.717, 1.165) is 0 Å². The minimum absolute atomic E-state index is 0.595. The van der Waals surface area contributed by atoms with Gasteiger partial charge in [0.2, 0.25) is 0 Å². The highest BCUT2D eigenvalue weighted by molar-refractivity contribution is 7.54. The Labute approximate surface area is 91.8 Å². The van der Waals surface area contributed by atoms with Crippen LogP contribution in [-0.2, 0) is 4.57 Å². The maximum absolute atomic E-state index is 10.8. The van der Waals surface area contributed by atoms with E-state index in [4.69, 9.17) is 33.0 Å². The zero-order valence-electron chi connectivity index (χ0n) is 7.05. The monoisotopic (exact) mass is 254 g/mol. The second-order valence-corrected chi connectivity index (χ2v) is 5.75. The molecule has 1 aromatic carbocycles. The minimum Gasteiger partial charge on any atom is -0.323 e. The summed E-state index contributed by atoms with van der Waals surface area (Å²) in [4.78, 5) is 17.6. The lowest BCUT2D eigenvalue weighted by Crippen LogP contribution is -2.07. The van der Waals surface area contributed by atoms with E-state index < -0.39 is 18.1 Å². The van der Waals surface area contributed by atoms with Crippen molar-refractivity contribution in [1.29, 1.82) is 0 Å². The normalized spacial score (nSPS) is 16.3. The summed E-state index contributed by atoms with van der Waals surface area (Å²) in [6.45, 7) is 0. The van der Waals surface area contributed by atoms with Crippen LogP contribution in [-0.4, -0.2) is 14.9 Å². The van der Waals surface area contributed by atoms with Crippen molar-refractivity contribution >= 4 is 30.8 Å². The average Bonchev–Trinajstić information content (AvgIpc) is 2.15. The Hall–Kier alpha value is -0.0500. The van der Waals surface area contributed by atoms with Crippen LogP contribution in [0, 0.1) is 0 Å². The predicted molar refractivity (Wildman–Crippen MR) is 56.7 cm³/mol. The van der Waals surface area contributed by atoms with Gasteiger partial charge in [-0.15, -0.1) is 23.2 Å². The zero-order chi connectivity index (χ0) is 10.8. The van der Waals surface area contributed by atoms with Gasteiger partial charge in [0.15, 0.2) is 5.12 Å². The summed E-state index contributed by atoms with van der Waals surface area (Å²) in [5, 5.41) is -2.29. The van der Waals surface area contributed by atoms with Crippen molar-refractivity contribution in [2.24, 2.45) is 0 Å². The van der Waals surface area contributed by atoms with Crippen LogP contribution in [0.25, 0.3) is 0 Å². The molecular formula is C8H9Cl2O3P. The molecule has 2 N–H and O–H groups in total. The molecule has 2 atom stereocenters. The third-order valence-corrected chi connectivity index (χ3v) is 4.44. The molecule has 0 bridgehead atoms. The smallest absolute Gasteiger partial charge is 0.323 e. The summed E-state index contributed by atoms with van der Waals surface area (Å²) in [7, 11) is -4.34. The Morgan fingerprint density at radius 3 is 2.07 bits per heavy atom. The van der Waals surface area contributed by atoms with E-state index >= 15 is 0 Å². The van der Waals surface area contributed by atoms with E-state index in [9.17, 15) is 4.57 Å². The van der Waals surface area contributed by atoms with Gasteiger partial charge in [0.1, 0.15) is 0 Å². The molecule has 0 aromatic heterocycles. The Morgan fingerprint density at radius 1 is 1.14 bits per heavy atom. The largest absolute Gasteiger partial charge is 0.345 e. The Morgan fingerprint density at radius 2 is 1.64 bits per heavy atom. The molecule has 3 nitrogen and oxygen atoms in total. The van der Waals surface area contributed by atoms with Gasteiger partial charge >= 0.3 is 7.60 Å². The lowest BCUT2D eigenvalue weighted by Gasteiger charge is -2.17. The van der Waals surface area contributed by atoms with Crippen molar-refractivity contribution in [3.05, 3.63) is 35.9 Å². The van der Waals surface area contributed by atoms with Crippen LogP contribution in [0.5, 0.6) is 0 Å². The van der Waals surface area contributed by atoms with Gasteiger partial charge in [-0.3, -0.25) is 4.57 Å². The Balaban J connectivity index is 2.87. The van der Waals surface area contributed by atoms with E-state index in [1.807, 2.05) is 0 Å². The summed E-state index contributed by atoms with van der Waals surface area (Å²) in [5.41, 5.74) is 0.595. The van der Waals surface area contributed by atoms with E-state index in [0.29, 0.717) is 5.56 Å². The first kappa shape index (κ1) is 12.0. The molecule has 1 rings (SSSR count). The van der Waals surface area contributed by atoms with Crippen LogP contribution >= 0.6 is 30.8 Å². The molecule has 0 saturated carbocycles. The van der Waals surface area contributed by atoms with Crippen molar-refractivity contribution in [2.45, 2.75) is 10.5 Å². The van der Waals surface area contributed by atoms with Gasteiger partial charge in [0.05, 0.1) is 5.38 Å². The van der Waals surface area contributed by atoms with Gasteiger partial charge in [-0.2, -0.15) is 0 Å². The number of alkyl halides is 2. The second kappa shape index (κ2) is 4.65. The molecule has 0 aliphatic rings. The van der Waals surface area contributed by atoms with Gasteiger partial charge in [-0.1, -0.05) is 30.3 Å². The maximum atomic E-state index is 10.8. The van der Waals surface area contributed by atoms with Gasteiger partial charge in [0.25, 0.3) is 0 Å². The van der Waals surface area contributed by atoms with Crippen molar-refractivity contribution < 1.29 is 14.4 Å². The molecule has 0 fully saturated rings. The fourth-order valence-electron chi connectivity index (χ4n) is 0.966. The molecule has 6 heteroatoms. The van der Waals surface area contributed by atoms with Crippen molar-refractivity contribution in [1.82, 2.24) is 0 Å². The van der Waals surface area contributed by atoms with Gasteiger partial charge in [-0.25, -0.2) is 0 Å². The molecule has 0 aliphatic carbocycles. The lowest BCUT2D eigenvalue weighted by molar-refractivity contribution is 0.368. The Kier molecular flexibility index (Phi) is 3.99. The van der Waals surface area contributed by atoms with E-state index in [2.05, 4.69) is 0 Å². The van der Waals surface area contributed by atoms with Gasteiger partial charge < -0.3 is 9.79 Å². The molecular weight excluding hydrogens is 246 g/mol. The molecule has 14 heavy (non-hydrogen) atoms. The number of rotatable bonds is 3. The summed E-state index contributed by atoms with van der Waals surface area (Å²) >= 11 is 11.4. The second-order valence-electron chi connectivity index (χ2n) is 2.77. The fraction of sp³-hybridized carbons (Fsp3) is 0.250. The fourth-order valence-corrected chi connectivity index (χ4v) is 2.21. The summed E-state index contributed by atoms with van der Waals surface area (Å²) in [5.74, 6) is 0. The molecule has 0 radical (unpaired) electrons. The van der Waals surface area contributed by atoms with Crippen molar-refractivity contribution in [2.75, 3.05) is 0 Å². The highest BCUT2D eigenvalue weighted by Crippen LogP contribution is 2.51. The van der Waals surface area contributed by atoms with Crippen LogP contribution in [0.2, 0.25) is 0 Å². The summed E-state index contributed by atoms with van der Waals surface area (Å²) in [6, 6.07) is 8.58. The van der Waals surface area contributed by atoms with Gasteiger partial charge in [-0.05, 0) is 5.56 Å². The maximum Gasteiger partial charge on any atom is 0.345 e.